The zero-order chi connectivity index (χ0) is 15.0. The van der Waals surface area contributed by atoms with E-state index in [2.05, 4.69) is 30.1 Å². The van der Waals surface area contributed by atoms with E-state index in [1.54, 1.807) is 6.92 Å². The Bertz CT molecular complexity index is 409. The molecule has 0 aliphatic heterocycles. The number of hydrogen-bond donors (Lipinski definition) is 4. The molecule has 0 saturated heterocycles. The van der Waals surface area contributed by atoms with E-state index < -0.39 is 10.9 Å². The molecule has 1 aromatic rings. The molecular weight excluding hydrogens is 270 g/mol. The van der Waals surface area contributed by atoms with Crippen molar-refractivity contribution >= 4 is 18.4 Å². The van der Waals surface area contributed by atoms with E-state index in [0.29, 0.717) is 19.5 Å². The van der Waals surface area contributed by atoms with Crippen LogP contribution < -0.4 is 16.8 Å². The molecule has 2 atom stereocenters. The Morgan fingerprint density at radius 1 is 1.40 bits per heavy atom. The molecule has 1 aromatic carbocycles. The van der Waals surface area contributed by atoms with E-state index in [1.807, 2.05) is 18.2 Å². The second kappa shape index (κ2) is 8.42. The first-order chi connectivity index (χ1) is 9.47. The average Bonchev–Trinajstić information content (AvgIpc) is 2.44. The van der Waals surface area contributed by atoms with Crippen LogP contribution in [0.5, 0.6) is 0 Å². The molecule has 0 aliphatic rings. The Morgan fingerprint density at radius 3 is 2.65 bits per heavy atom. The summed E-state index contributed by atoms with van der Waals surface area (Å²) in [6.07, 6.45) is 2.20. The van der Waals surface area contributed by atoms with Crippen molar-refractivity contribution in [2.45, 2.75) is 37.1 Å². The maximum atomic E-state index is 12.2. The molecular formula is C15H25N3OS. The van der Waals surface area contributed by atoms with Crippen LogP contribution >= 0.6 is 12.6 Å². The van der Waals surface area contributed by atoms with Crippen molar-refractivity contribution < 1.29 is 4.79 Å². The van der Waals surface area contributed by atoms with Crippen molar-refractivity contribution in [2.75, 3.05) is 13.1 Å². The maximum absolute atomic E-state index is 12.2. The molecule has 20 heavy (non-hydrogen) atoms. The summed E-state index contributed by atoms with van der Waals surface area (Å²) in [5.41, 5.74) is 12.5. The van der Waals surface area contributed by atoms with Gasteiger partial charge in [0.05, 0.1) is 6.04 Å². The number of Topliss-reactive ketones (excluding diaryl/α,β-unsaturated/α-hetero) is 1. The van der Waals surface area contributed by atoms with Crippen molar-refractivity contribution in [3.63, 3.8) is 0 Å². The Morgan fingerprint density at radius 2 is 2.05 bits per heavy atom. The minimum Gasteiger partial charge on any atom is -0.330 e. The van der Waals surface area contributed by atoms with Crippen LogP contribution in [0, 0.1) is 0 Å². The molecule has 0 amide bonds. The third-order valence-corrected chi connectivity index (χ3v) is 3.64. The molecule has 0 fully saturated rings. The first-order valence-corrected chi connectivity index (χ1v) is 7.43. The van der Waals surface area contributed by atoms with Crippen LogP contribution in [0.3, 0.4) is 0 Å². The van der Waals surface area contributed by atoms with Gasteiger partial charge in [-0.1, -0.05) is 30.3 Å². The zero-order valence-electron chi connectivity index (χ0n) is 12.0. The highest BCUT2D eigenvalue weighted by atomic mass is 32.1. The van der Waals surface area contributed by atoms with Crippen molar-refractivity contribution in [3.05, 3.63) is 35.9 Å². The maximum Gasteiger partial charge on any atom is 0.179 e. The predicted molar refractivity (Wildman–Crippen MR) is 86.8 cm³/mol. The molecule has 1 rings (SSSR count). The molecule has 0 spiro atoms. The highest BCUT2D eigenvalue weighted by Gasteiger charge is 2.31. The van der Waals surface area contributed by atoms with Gasteiger partial charge in [-0.05, 0) is 38.3 Å². The van der Waals surface area contributed by atoms with Crippen LogP contribution in [0.2, 0.25) is 0 Å². The van der Waals surface area contributed by atoms with Crippen LogP contribution in [-0.2, 0) is 11.2 Å². The van der Waals surface area contributed by atoms with Gasteiger partial charge in [0.15, 0.2) is 5.78 Å². The lowest BCUT2D eigenvalue weighted by Gasteiger charge is -2.27. The lowest BCUT2D eigenvalue weighted by Crippen LogP contribution is -2.52. The lowest BCUT2D eigenvalue weighted by atomic mass is 10.0. The normalized spacial score (nSPS) is 15.6. The van der Waals surface area contributed by atoms with Crippen LogP contribution in [-0.4, -0.2) is 29.8 Å². The van der Waals surface area contributed by atoms with Crippen LogP contribution in [0.1, 0.15) is 25.3 Å². The van der Waals surface area contributed by atoms with Gasteiger partial charge in [0.25, 0.3) is 0 Å². The van der Waals surface area contributed by atoms with Crippen molar-refractivity contribution in [2.24, 2.45) is 11.5 Å². The monoisotopic (exact) mass is 295 g/mol. The topological polar surface area (TPSA) is 81.1 Å². The molecule has 0 heterocycles. The summed E-state index contributed by atoms with van der Waals surface area (Å²) in [6.45, 7) is 2.98. The van der Waals surface area contributed by atoms with Crippen LogP contribution in [0.4, 0.5) is 0 Å². The standard InChI is InChI=1S/C15H25N3OS/c1-15(20,14(19)13(17)8-5-10-16)18-11-9-12-6-3-2-4-7-12/h2-4,6-7,13,18,20H,5,8-11,16-17H2,1H3/t13-,15?/m1/s1. The third-order valence-electron chi connectivity index (χ3n) is 3.26. The molecule has 0 radical (unpaired) electrons. The van der Waals surface area contributed by atoms with Crippen molar-refractivity contribution in [3.8, 4) is 0 Å². The van der Waals surface area contributed by atoms with Gasteiger partial charge in [0.2, 0.25) is 0 Å². The number of hydrogen-bond acceptors (Lipinski definition) is 5. The van der Waals surface area contributed by atoms with Gasteiger partial charge >= 0.3 is 0 Å². The fraction of sp³-hybridized carbons (Fsp3) is 0.533. The number of nitrogens with one attached hydrogen (secondary N) is 1. The number of ketones is 1. The second-order valence-corrected chi connectivity index (χ2v) is 6.03. The van der Waals surface area contributed by atoms with Gasteiger partial charge < -0.3 is 11.5 Å². The average molecular weight is 295 g/mol. The summed E-state index contributed by atoms with van der Waals surface area (Å²) in [5.74, 6) is -0.0812. The molecule has 4 nitrogen and oxygen atoms in total. The molecule has 1 unspecified atom stereocenters. The van der Waals surface area contributed by atoms with Gasteiger partial charge in [-0.3, -0.25) is 10.1 Å². The van der Waals surface area contributed by atoms with E-state index in [0.717, 1.165) is 12.8 Å². The van der Waals surface area contributed by atoms with Gasteiger partial charge in [-0.2, -0.15) is 0 Å². The molecule has 0 aromatic heterocycles. The summed E-state index contributed by atoms with van der Waals surface area (Å²) < 4.78 is 0. The molecule has 5 heteroatoms. The minimum atomic E-state index is -0.900. The predicted octanol–water partition coefficient (Wildman–Crippen LogP) is 1.10. The number of rotatable bonds is 9. The zero-order valence-corrected chi connectivity index (χ0v) is 12.9. The molecule has 0 saturated carbocycles. The minimum absolute atomic E-state index is 0.0812. The van der Waals surface area contributed by atoms with E-state index >= 15 is 0 Å². The van der Waals surface area contributed by atoms with Crippen LogP contribution in [0.15, 0.2) is 30.3 Å². The van der Waals surface area contributed by atoms with Crippen molar-refractivity contribution in [1.82, 2.24) is 5.32 Å². The molecule has 0 bridgehead atoms. The summed E-state index contributed by atoms with van der Waals surface area (Å²) in [6, 6.07) is 9.61. The number of carbonyl (C=O) groups excluding carboxylic acids is 1. The molecule has 5 N–H and O–H groups in total. The highest BCUT2D eigenvalue weighted by molar-refractivity contribution is 7.82. The smallest absolute Gasteiger partial charge is 0.179 e. The highest BCUT2D eigenvalue weighted by Crippen LogP contribution is 2.14. The van der Waals surface area contributed by atoms with E-state index in [9.17, 15) is 4.79 Å². The Kier molecular flexibility index (Phi) is 7.23. The fourth-order valence-corrected chi connectivity index (χ4v) is 2.29. The van der Waals surface area contributed by atoms with E-state index in [4.69, 9.17) is 11.5 Å². The Hall–Kier alpha value is -0.880. The summed E-state index contributed by atoms with van der Waals surface area (Å²) in [7, 11) is 0. The van der Waals surface area contributed by atoms with Gasteiger partial charge in [0, 0.05) is 6.54 Å². The Balaban J connectivity index is 2.42. The fourth-order valence-electron chi connectivity index (χ4n) is 2.01. The summed E-state index contributed by atoms with van der Waals surface area (Å²) in [4.78, 5) is 11.3. The van der Waals surface area contributed by atoms with E-state index in [-0.39, 0.29) is 5.78 Å². The quantitative estimate of drug-likeness (QED) is 0.406. The van der Waals surface area contributed by atoms with Crippen molar-refractivity contribution in [1.29, 1.82) is 0 Å². The number of nitrogens with two attached hydrogens (primary N) is 2. The Labute approximate surface area is 126 Å². The van der Waals surface area contributed by atoms with Crippen LogP contribution in [0.25, 0.3) is 0 Å². The van der Waals surface area contributed by atoms with Gasteiger partial charge in [0.1, 0.15) is 4.87 Å². The van der Waals surface area contributed by atoms with E-state index in [1.165, 1.54) is 5.56 Å². The lowest BCUT2D eigenvalue weighted by molar-refractivity contribution is -0.123. The largest absolute Gasteiger partial charge is 0.330 e. The first-order valence-electron chi connectivity index (χ1n) is 6.98. The number of benzene rings is 1. The summed E-state index contributed by atoms with van der Waals surface area (Å²) in [5, 5.41) is 3.17. The number of carbonyl (C=O) groups is 1. The molecule has 0 aliphatic carbocycles. The third kappa shape index (κ3) is 5.63. The second-order valence-electron chi connectivity index (χ2n) is 5.14. The van der Waals surface area contributed by atoms with Gasteiger partial charge in [-0.25, -0.2) is 0 Å². The molecule has 112 valence electrons. The first kappa shape index (κ1) is 17.2. The van der Waals surface area contributed by atoms with Gasteiger partial charge in [-0.15, -0.1) is 12.6 Å². The summed E-state index contributed by atoms with van der Waals surface area (Å²) >= 11 is 4.42. The SMILES string of the molecule is CC(S)(NCCc1ccccc1)C(=O)[C@H](N)CCCN. The number of thiol groups is 1.